The van der Waals surface area contributed by atoms with Gasteiger partial charge in [-0.3, -0.25) is 4.79 Å². The number of hydrogen-bond donors (Lipinski definition) is 2. The summed E-state index contributed by atoms with van der Waals surface area (Å²) >= 11 is 2.16. The Kier molecular flexibility index (Phi) is 3.27. The van der Waals surface area contributed by atoms with E-state index < -0.39 is 12.0 Å². The van der Waals surface area contributed by atoms with Crippen LogP contribution >= 0.6 is 22.6 Å². The molecule has 0 bridgehead atoms. The van der Waals surface area contributed by atoms with Crippen molar-refractivity contribution in [1.29, 1.82) is 0 Å². The Hall–Kier alpha value is -0.620. The fraction of sp³-hybridized carbons (Fsp3) is 0.222. The zero-order chi connectivity index (χ0) is 10.0. The molecule has 0 aliphatic heterocycles. The quantitative estimate of drug-likeness (QED) is 0.815. The first-order chi connectivity index (χ1) is 6.04. The van der Waals surface area contributed by atoms with Crippen LogP contribution in [0.5, 0.6) is 0 Å². The van der Waals surface area contributed by atoms with Gasteiger partial charge in [-0.2, -0.15) is 0 Å². The van der Waals surface area contributed by atoms with Gasteiger partial charge in [0.2, 0.25) is 0 Å². The third-order valence-electron chi connectivity index (χ3n) is 1.91. The van der Waals surface area contributed by atoms with E-state index in [2.05, 4.69) is 22.6 Å². The summed E-state index contributed by atoms with van der Waals surface area (Å²) in [6.07, 6.45) is 0. The van der Waals surface area contributed by atoms with E-state index in [1.165, 1.54) is 0 Å². The Bertz CT molecular complexity index is 338. The molecule has 0 amide bonds. The molecule has 3 N–H and O–H groups in total. The zero-order valence-corrected chi connectivity index (χ0v) is 9.28. The van der Waals surface area contributed by atoms with E-state index in [1.807, 2.05) is 19.1 Å². The number of nitrogens with two attached hydrogens (primary N) is 1. The standard InChI is InChI=1S/C9H10INO2/c1-5-6(8(11)9(12)13)3-2-4-7(5)10/h2-4,8H,11H2,1H3,(H,12,13)/t8-/m0/s1. The lowest BCUT2D eigenvalue weighted by atomic mass is 10.0. The lowest BCUT2D eigenvalue weighted by molar-refractivity contribution is -0.138. The van der Waals surface area contributed by atoms with Crippen LogP contribution in [0.25, 0.3) is 0 Å². The summed E-state index contributed by atoms with van der Waals surface area (Å²) in [5.74, 6) is -0.995. The number of rotatable bonds is 2. The molecule has 1 atom stereocenters. The van der Waals surface area contributed by atoms with E-state index in [0.717, 1.165) is 9.13 Å². The summed E-state index contributed by atoms with van der Waals surface area (Å²) in [7, 11) is 0. The number of benzene rings is 1. The maximum Gasteiger partial charge on any atom is 0.325 e. The molecule has 0 saturated carbocycles. The Morgan fingerprint density at radius 3 is 2.77 bits per heavy atom. The molecule has 0 fully saturated rings. The molecular weight excluding hydrogens is 281 g/mol. The third kappa shape index (κ3) is 2.19. The summed E-state index contributed by atoms with van der Waals surface area (Å²) in [5, 5.41) is 8.72. The molecule has 0 aromatic heterocycles. The van der Waals surface area contributed by atoms with Crippen LogP contribution in [0.2, 0.25) is 0 Å². The van der Waals surface area contributed by atoms with Crippen molar-refractivity contribution >= 4 is 28.6 Å². The molecule has 1 aromatic carbocycles. The highest BCUT2D eigenvalue weighted by atomic mass is 127. The molecule has 13 heavy (non-hydrogen) atoms. The van der Waals surface area contributed by atoms with Gasteiger partial charge in [0.05, 0.1) is 0 Å². The molecule has 0 saturated heterocycles. The van der Waals surface area contributed by atoms with E-state index >= 15 is 0 Å². The van der Waals surface area contributed by atoms with Crippen LogP contribution in [-0.4, -0.2) is 11.1 Å². The second-order valence-corrected chi connectivity index (χ2v) is 3.93. The molecule has 0 spiro atoms. The second-order valence-electron chi connectivity index (χ2n) is 2.77. The molecule has 70 valence electrons. The van der Waals surface area contributed by atoms with Gasteiger partial charge in [0.25, 0.3) is 0 Å². The largest absolute Gasteiger partial charge is 0.480 e. The van der Waals surface area contributed by atoms with Gasteiger partial charge < -0.3 is 10.8 Å². The Morgan fingerprint density at radius 1 is 1.62 bits per heavy atom. The predicted molar refractivity (Wildman–Crippen MR) is 58.5 cm³/mol. The number of carboxylic acid groups (broad SMARTS) is 1. The van der Waals surface area contributed by atoms with Gasteiger partial charge in [-0.1, -0.05) is 12.1 Å². The number of hydrogen-bond acceptors (Lipinski definition) is 2. The van der Waals surface area contributed by atoms with E-state index in [-0.39, 0.29) is 0 Å². The SMILES string of the molecule is Cc1c(I)cccc1[C@H](N)C(=O)O. The molecule has 0 heterocycles. The van der Waals surface area contributed by atoms with Crippen molar-refractivity contribution in [2.75, 3.05) is 0 Å². The van der Waals surface area contributed by atoms with Gasteiger partial charge in [-0.15, -0.1) is 0 Å². The van der Waals surface area contributed by atoms with E-state index in [4.69, 9.17) is 10.8 Å². The minimum absolute atomic E-state index is 0.680. The maximum atomic E-state index is 10.6. The smallest absolute Gasteiger partial charge is 0.325 e. The van der Waals surface area contributed by atoms with E-state index in [1.54, 1.807) is 6.07 Å². The zero-order valence-electron chi connectivity index (χ0n) is 7.12. The van der Waals surface area contributed by atoms with Gasteiger partial charge in [0.15, 0.2) is 0 Å². The minimum atomic E-state index is -0.995. The number of halogens is 1. The lowest BCUT2D eigenvalue weighted by Crippen LogP contribution is -2.21. The van der Waals surface area contributed by atoms with Crippen molar-refractivity contribution in [1.82, 2.24) is 0 Å². The summed E-state index contributed by atoms with van der Waals surface area (Å²) < 4.78 is 1.03. The summed E-state index contributed by atoms with van der Waals surface area (Å²) in [5.41, 5.74) is 7.13. The highest BCUT2D eigenvalue weighted by Crippen LogP contribution is 2.20. The minimum Gasteiger partial charge on any atom is -0.480 e. The number of carboxylic acids is 1. The topological polar surface area (TPSA) is 63.3 Å². The van der Waals surface area contributed by atoms with Crippen LogP contribution in [0.1, 0.15) is 17.2 Å². The van der Waals surface area contributed by atoms with Gasteiger partial charge >= 0.3 is 5.97 Å². The molecule has 3 nitrogen and oxygen atoms in total. The molecule has 0 aliphatic carbocycles. The normalized spacial score (nSPS) is 12.5. The van der Waals surface area contributed by atoms with Crippen molar-refractivity contribution in [2.24, 2.45) is 5.73 Å². The Labute approximate surface area is 90.1 Å². The Morgan fingerprint density at radius 2 is 2.23 bits per heavy atom. The average molecular weight is 291 g/mol. The fourth-order valence-electron chi connectivity index (χ4n) is 1.09. The first-order valence-corrected chi connectivity index (χ1v) is 4.85. The molecule has 4 heteroatoms. The summed E-state index contributed by atoms with van der Waals surface area (Å²) in [4.78, 5) is 10.6. The summed E-state index contributed by atoms with van der Waals surface area (Å²) in [6.45, 7) is 1.87. The van der Waals surface area contributed by atoms with Crippen molar-refractivity contribution in [3.63, 3.8) is 0 Å². The van der Waals surface area contributed by atoms with Crippen LogP contribution in [0, 0.1) is 10.5 Å². The molecule has 0 unspecified atom stereocenters. The molecule has 0 radical (unpaired) electrons. The second kappa shape index (κ2) is 4.06. The average Bonchev–Trinajstić information content (AvgIpc) is 2.08. The molecular formula is C9H10INO2. The van der Waals surface area contributed by atoms with E-state index in [9.17, 15) is 4.79 Å². The molecule has 0 aliphatic rings. The van der Waals surface area contributed by atoms with E-state index in [0.29, 0.717) is 5.56 Å². The van der Waals surface area contributed by atoms with Crippen LogP contribution < -0.4 is 5.73 Å². The highest BCUT2D eigenvalue weighted by Gasteiger charge is 2.16. The highest BCUT2D eigenvalue weighted by molar-refractivity contribution is 14.1. The maximum absolute atomic E-state index is 10.6. The Balaban J connectivity index is 3.15. The number of aliphatic carboxylic acids is 1. The summed E-state index contributed by atoms with van der Waals surface area (Å²) in [6, 6.07) is 4.56. The van der Waals surface area contributed by atoms with Crippen molar-refractivity contribution < 1.29 is 9.90 Å². The van der Waals surface area contributed by atoms with Gasteiger partial charge in [0.1, 0.15) is 6.04 Å². The fourth-order valence-corrected chi connectivity index (χ4v) is 1.61. The molecule has 1 aromatic rings. The van der Waals surface area contributed by atoms with Crippen LogP contribution in [0.4, 0.5) is 0 Å². The van der Waals surface area contributed by atoms with Crippen LogP contribution in [0.3, 0.4) is 0 Å². The van der Waals surface area contributed by atoms with Crippen molar-refractivity contribution in [3.8, 4) is 0 Å². The third-order valence-corrected chi connectivity index (χ3v) is 3.08. The van der Waals surface area contributed by atoms with Crippen LogP contribution in [-0.2, 0) is 4.79 Å². The van der Waals surface area contributed by atoms with Gasteiger partial charge in [-0.05, 0) is 46.7 Å². The molecule has 1 rings (SSSR count). The van der Waals surface area contributed by atoms with Crippen LogP contribution in [0.15, 0.2) is 18.2 Å². The van der Waals surface area contributed by atoms with Crippen molar-refractivity contribution in [3.05, 3.63) is 32.9 Å². The predicted octanol–water partition coefficient (Wildman–Crippen LogP) is 1.68. The number of carbonyl (C=O) groups is 1. The van der Waals surface area contributed by atoms with Gasteiger partial charge in [-0.25, -0.2) is 0 Å². The first kappa shape index (κ1) is 10.5. The van der Waals surface area contributed by atoms with Crippen molar-refractivity contribution in [2.45, 2.75) is 13.0 Å². The first-order valence-electron chi connectivity index (χ1n) is 3.77. The van der Waals surface area contributed by atoms with Gasteiger partial charge in [0, 0.05) is 3.57 Å². The monoisotopic (exact) mass is 291 g/mol. The lowest BCUT2D eigenvalue weighted by Gasteiger charge is -2.10.